The fourth-order valence-electron chi connectivity index (χ4n) is 1.59. The summed E-state index contributed by atoms with van der Waals surface area (Å²) in [7, 11) is 0. The van der Waals surface area contributed by atoms with Crippen LogP contribution in [0.25, 0.3) is 0 Å². The Balaban J connectivity index is 2.07. The van der Waals surface area contributed by atoms with Crippen molar-refractivity contribution >= 4 is 27.7 Å². The van der Waals surface area contributed by atoms with Gasteiger partial charge >= 0.3 is 0 Å². The second kappa shape index (κ2) is 6.65. The zero-order valence-corrected chi connectivity index (χ0v) is 12.5. The number of hydrogen-bond donors (Lipinski definition) is 1. The SMILES string of the molecule is OC(CSc1ccc(Br)cc1)c1ccc(F)c(F)c1F. The fraction of sp³-hybridized carbons (Fsp3) is 0.143. The number of rotatable bonds is 4. The molecule has 106 valence electrons. The highest BCUT2D eigenvalue weighted by molar-refractivity contribution is 9.10. The summed E-state index contributed by atoms with van der Waals surface area (Å²) in [5.74, 6) is -4.02. The van der Waals surface area contributed by atoms with E-state index in [4.69, 9.17) is 0 Å². The molecule has 20 heavy (non-hydrogen) atoms. The van der Waals surface area contributed by atoms with E-state index in [1.165, 1.54) is 11.8 Å². The highest BCUT2D eigenvalue weighted by atomic mass is 79.9. The molecule has 0 radical (unpaired) electrons. The maximum Gasteiger partial charge on any atom is 0.194 e. The van der Waals surface area contributed by atoms with Crippen molar-refractivity contribution < 1.29 is 18.3 Å². The molecular formula is C14H10BrF3OS. The van der Waals surface area contributed by atoms with Crippen molar-refractivity contribution in [2.75, 3.05) is 5.75 Å². The van der Waals surface area contributed by atoms with Crippen LogP contribution in [-0.2, 0) is 0 Å². The average molecular weight is 363 g/mol. The Kier molecular flexibility index (Phi) is 5.12. The van der Waals surface area contributed by atoms with Gasteiger partial charge < -0.3 is 5.11 Å². The number of halogens is 4. The number of thioether (sulfide) groups is 1. The van der Waals surface area contributed by atoms with Crippen LogP contribution >= 0.6 is 27.7 Å². The molecule has 0 spiro atoms. The lowest BCUT2D eigenvalue weighted by Gasteiger charge is -2.12. The molecular weight excluding hydrogens is 353 g/mol. The lowest BCUT2D eigenvalue weighted by atomic mass is 10.1. The summed E-state index contributed by atoms with van der Waals surface area (Å²) in [5.41, 5.74) is -0.242. The first kappa shape index (κ1) is 15.4. The molecule has 0 bridgehead atoms. The van der Waals surface area contributed by atoms with E-state index in [1.807, 2.05) is 24.3 Å². The third-order valence-corrected chi connectivity index (χ3v) is 4.26. The van der Waals surface area contributed by atoms with Crippen molar-refractivity contribution in [3.8, 4) is 0 Å². The molecule has 6 heteroatoms. The van der Waals surface area contributed by atoms with Crippen LogP contribution in [-0.4, -0.2) is 10.9 Å². The van der Waals surface area contributed by atoms with Crippen LogP contribution in [0.15, 0.2) is 45.8 Å². The molecule has 1 atom stereocenters. The van der Waals surface area contributed by atoms with Gasteiger partial charge in [0.25, 0.3) is 0 Å². The van der Waals surface area contributed by atoms with Crippen molar-refractivity contribution in [1.82, 2.24) is 0 Å². The molecule has 2 aromatic rings. The number of hydrogen-bond acceptors (Lipinski definition) is 2. The Bertz CT molecular complexity index is 604. The Morgan fingerprint density at radius 3 is 2.30 bits per heavy atom. The summed E-state index contributed by atoms with van der Waals surface area (Å²) in [5, 5.41) is 9.87. The second-order valence-corrected chi connectivity index (χ2v) is 6.05. The minimum Gasteiger partial charge on any atom is -0.387 e. The van der Waals surface area contributed by atoms with Gasteiger partial charge in [-0.3, -0.25) is 0 Å². The fourth-order valence-corrected chi connectivity index (χ4v) is 2.72. The normalized spacial score (nSPS) is 12.4. The predicted molar refractivity (Wildman–Crippen MR) is 76.1 cm³/mol. The molecule has 0 aromatic heterocycles. The van der Waals surface area contributed by atoms with Crippen LogP contribution < -0.4 is 0 Å². The molecule has 2 aromatic carbocycles. The van der Waals surface area contributed by atoms with Crippen LogP contribution in [0.2, 0.25) is 0 Å². The monoisotopic (exact) mass is 362 g/mol. The van der Waals surface area contributed by atoms with Crippen LogP contribution in [0.5, 0.6) is 0 Å². The predicted octanol–water partition coefficient (Wildman–Crippen LogP) is 4.69. The zero-order chi connectivity index (χ0) is 14.7. The topological polar surface area (TPSA) is 20.2 Å². The van der Waals surface area contributed by atoms with Crippen LogP contribution in [0.1, 0.15) is 11.7 Å². The van der Waals surface area contributed by atoms with Gasteiger partial charge in [0.2, 0.25) is 0 Å². The van der Waals surface area contributed by atoms with E-state index in [0.29, 0.717) is 0 Å². The van der Waals surface area contributed by atoms with Crippen LogP contribution in [0, 0.1) is 17.5 Å². The van der Waals surface area contributed by atoms with Gasteiger partial charge in [-0.2, -0.15) is 0 Å². The van der Waals surface area contributed by atoms with E-state index in [0.717, 1.165) is 21.5 Å². The van der Waals surface area contributed by atoms with E-state index in [-0.39, 0.29) is 11.3 Å². The number of aliphatic hydroxyl groups excluding tert-OH is 1. The first-order valence-electron chi connectivity index (χ1n) is 5.69. The average Bonchev–Trinajstić information content (AvgIpc) is 2.44. The molecule has 0 aliphatic rings. The quantitative estimate of drug-likeness (QED) is 0.628. The summed E-state index contributed by atoms with van der Waals surface area (Å²) in [6.07, 6.45) is -1.21. The second-order valence-electron chi connectivity index (χ2n) is 4.05. The summed E-state index contributed by atoms with van der Waals surface area (Å²) in [6.45, 7) is 0. The number of benzene rings is 2. The molecule has 2 rings (SSSR count). The van der Waals surface area contributed by atoms with Gasteiger partial charge in [-0.25, -0.2) is 13.2 Å². The summed E-state index contributed by atoms with van der Waals surface area (Å²) >= 11 is 4.60. The van der Waals surface area contributed by atoms with Gasteiger partial charge in [-0.1, -0.05) is 22.0 Å². The van der Waals surface area contributed by atoms with E-state index < -0.39 is 23.6 Å². The van der Waals surface area contributed by atoms with Gasteiger partial charge in [-0.05, 0) is 30.3 Å². The van der Waals surface area contributed by atoms with E-state index in [9.17, 15) is 18.3 Å². The van der Waals surface area contributed by atoms with Gasteiger partial charge in [-0.15, -0.1) is 11.8 Å². The Morgan fingerprint density at radius 1 is 1.00 bits per heavy atom. The zero-order valence-electron chi connectivity index (χ0n) is 10.1. The first-order chi connectivity index (χ1) is 9.49. The van der Waals surface area contributed by atoms with Crippen LogP contribution in [0.3, 0.4) is 0 Å². The standard InChI is InChI=1S/C14H10BrF3OS/c15-8-1-3-9(4-2-8)20-7-12(19)10-5-6-11(16)14(18)13(10)17/h1-6,12,19H,7H2. The summed E-state index contributed by atoms with van der Waals surface area (Å²) < 4.78 is 40.3. The minimum absolute atomic E-state index is 0.142. The maximum absolute atomic E-state index is 13.5. The highest BCUT2D eigenvalue weighted by Gasteiger charge is 2.19. The Hall–Kier alpha value is -0.980. The highest BCUT2D eigenvalue weighted by Crippen LogP contribution is 2.28. The first-order valence-corrected chi connectivity index (χ1v) is 7.46. The van der Waals surface area contributed by atoms with Gasteiger partial charge in [0.15, 0.2) is 17.5 Å². The van der Waals surface area contributed by atoms with E-state index in [1.54, 1.807) is 0 Å². The van der Waals surface area contributed by atoms with Gasteiger partial charge in [0.1, 0.15) is 0 Å². The van der Waals surface area contributed by atoms with E-state index in [2.05, 4.69) is 15.9 Å². The smallest absolute Gasteiger partial charge is 0.194 e. The van der Waals surface area contributed by atoms with E-state index >= 15 is 0 Å². The molecule has 1 N–H and O–H groups in total. The lowest BCUT2D eigenvalue weighted by molar-refractivity contribution is 0.197. The van der Waals surface area contributed by atoms with Crippen molar-refractivity contribution in [3.05, 3.63) is 63.9 Å². The molecule has 0 fully saturated rings. The maximum atomic E-state index is 13.5. The third-order valence-electron chi connectivity index (χ3n) is 2.65. The Morgan fingerprint density at radius 2 is 1.65 bits per heavy atom. The third kappa shape index (κ3) is 3.56. The van der Waals surface area contributed by atoms with Gasteiger partial charge in [0, 0.05) is 20.7 Å². The summed E-state index contributed by atoms with van der Waals surface area (Å²) in [6, 6.07) is 9.22. The van der Waals surface area contributed by atoms with Gasteiger partial charge in [0.05, 0.1) is 6.10 Å². The lowest BCUT2D eigenvalue weighted by Crippen LogP contribution is -2.06. The van der Waals surface area contributed by atoms with Crippen molar-refractivity contribution in [3.63, 3.8) is 0 Å². The van der Waals surface area contributed by atoms with Crippen molar-refractivity contribution in [2.45, 2.75) is 11.0 Å². The molecule has 1 unspecified atom stereocenters. The molecule has 0 saturated heterocycles. The molecule has 0 saturated carbocycles. The van der Waals surface area contributed by atoms with Crippen molar-refractivity contribution in [2.24, 2.45) is 0 Å². The molecule has 0 heterocycles. The van der Waals surface area contributed by atoms with Crippen LogP contribution in [0.4, 0.5) is 13.2 Å². The molecule has 0 amide bonds. The Labute approximate surface area is 126 Å². The largest absolute Gasteiger partial charge is 0.387 e. The van der Waals surface area contributed by atoms with Crippen molar-refractivity contribution in [1.29, 1.82) is 0 Å². The molecule has 0 aliphatic carbocycles. The number of aliphatic hydroxyl groups is 1. The molecule has 0 aliphatic heterocycles. The summed E-state index contributed by atoms with van der Waals surface area (Å²) in [4.78, 5) is 0.884. The minimum atomic E-state index is -1.56. The molecule has 1 nitrogen and oxygen atoms in total.